The zero-order valence-electron chi connectivity index (χ0n) is 16.6. The quantitative estimate of drug-likeness (QED) is 0.510. The molecule has 4 rings (SSSR count). The van der Waals surface area contributed by atoms with Crippen LogP contribution >= 0.6 is 23.2 Å². The normalized spacial score (nSPS) is 15.1. The van der Waals surface area contributed by atoms with E-state index < -0.39 is 12.1 Å². The first-order valence-corrected chi connectivity index (χ1v) is 10.3. The highest BCUT2D eigenvalue weighted by Gasteiger charge is 2.31. The zero-order chi connectivity index (χ0) is 22.0. The summed E-state index contributed by atoms with van der Waals surface area (Å²) in [7, 11) is 0. The predicted molar refractivity (Wildman–Crippen MR) is 123 cm³/mol. The van der Waals surface area contributed by atoms with Crippen LogP contribution in [0.15, 0.2) is 66.7 Å². The summed E-state index contributed by atoms with van der Waals surface area (Å²) in [5.41, 5.74) is 2.65. The molecule has 1 unspecified atom stereocenters. The Morgan fingerprint density at radius 2 is 1.52 bits per heavy atom. The van der Waals surface area contributed by atoms with Crippen molar-refractivity contribution in [3.05, 3.63) is 82.3 Å². The fourth-order valence-corrected chi connectivity index (χ4v) is 3.50. The van der Waals surface area contributed by atoms with Gasteiger partial charge in [-0.3, -0.25) is 4.79 Å². The molecule has 2 N–H and O–H groups in total. The van der Waals surface area contributed by atoms with Gasteiger partial charge in [-0.1, -0.05) is 35.3 Å². The first-order valence-electron chi connectivity index (χ1n) is 9.59. The standard InChI is InChI=1S/C23H19Cl2N3O3/c1-14-22(29)28(13-15-2-4-16(24)5-3-15)20-12-19(10-11-21(20)31-14)27-23(30)26-18-8-6-17(25)7-9-18/h2-12,14H,13H2,1H3,(H2,26,27,30). The minimum absolute atomic E-state index is 0.162. The summed E-state index contributed by atoms with van der Waals surface area (Å²) in [5.74, 6) is 0.412. The fourth-order valence-electron chi connectivity index (χ4n) is 3.25. The molecular formula is C23H19Cl2N3O3. The molecule has 8 heteroatoms. The summed E-state index contributed by atoms with van der Waals surface area (Å²) in [6.07, 6.45) is -0.605. The third-order valence-electron chi connectivity index (χ3n) is 4.78. The Labute approximate surface area is 189 Å². The maximum atomic E-state index is 12.8. The van der Waals surface area contributed by atoms with Crippen LogP contribution in [-0.4, -0.2) is 18.0 Å². The van der Waals surface area contributed by atoms with E-state index in [0.29, 0.717) is 39.4 Å². The third kappa shape index (κ3) is 4.93. The Kier molecular flexibility index (Phi) is 6.02. The van der Waals surface area contributed by atoms with Gasteiger partial charge in [0.05, 0.1) is 12.2 Å². The molecule has 6 nitrogen and oxygen atoms in total. The molecule has 3 amide bonds. The molecule has 0 aromatic heterocycles. The summed E-state index contributed by atoms with van der Waals surface area (Å²) >= 11 is 11.8. The first-order chi connectivity index (χ1) is 14.9. The molecule has 0 saturated carbocycles. The topological polar surface area (TPSA) is 70.7 Å². The van der Waals surface area contributed by atoms with Crippen LogP contribution in [0.25, 0.3) is 0 Å². The van der Waals surface area contributed by atoms with E-state index in [2.05, 4.69) is 10.6 Å². The van der Waals surface area contributed by atoms with Crippen LogP contribution in [0.3, 0.4) is 0 Å². The summed E-state index contributed by atoms with van der Waals surface area (Å²) in [5, 5.41) is 6.73. The Morgan fingerprint density at radius 1 is 0.935 bits per heavy atom. The predicted octanol–water partition coefficient (Wildman–Crippen LogP) is 5.95. The SMILES string of the molecule is CC1Oc2ccc(NC(=O)Nc3ccc(Cl)cc3)cc2N(Cc2ccc(Cl)cc2)C1=O. The second kappa shape index (κ2) is 8.88. The molecule has 0 bridgehead atoms. The second-order valence-corrected chi connectivity index (χ2v) is 7.95. The Morgan fingerprint density at radius 3 is 2.19 bits per heavy atom. The van der Waals surface area contributed by atoms with Crippen molar-refractivity contribution in [2.45, 2.75) is 19.6 Å². The highest BCUT2D eigenvalue weighted by Crippen LogP contribution is 2.37. The second-order valence-electron chi connectivity index (χ2n) is 7.08. The lowest BCUT2D eigenvalue weighted by Crippen LogP contribution is -2.44. The molecule has 1 heterocycles. The number of urea groups is 1. The highest BCUT2D eigenvalue weighted by molar-refractivity contribution is 6.30. The number of rotatable bonds is 4. The number of halogens is 2. The smallest absolute Gasteiger partial charge is 0.323 e. The maximum absolute atomic E-state index is 12.8. The lowest BCUT2D eigenvalue weighted by atomic mass is 10.1. The van der Waals surface area contributed by atoms with Crippen LogP contribution in [0.1, 0.15) is 12.5 Å². The van der Waals surface area contributed by atoms with Gasteiger partial charge in [0.1, 0.15) is 5.75 Å². The van der Waals surface area contributed by atoms with Gasteiger partial charge in [-0.25, -0.2) is 4.79 Å². The summed E-state index contributed by atoms with van der Waals surface area (Å²) < 4.78 is 5.74. The Balaban J connectivity index is 1.55. The van der Waals surface area contributed by atoms with E-state index in [9.17, 15) is 9.59 Å². The molecule has 158 valence electrons. The number of amides is 3. The number of ether oxygens (including phenoxy) is 1. The maximum Gasteiger partial charge on any atom is 0.323 e. The fraction of sp³-hybridized carbons (Fsp3) is 0.130. The summed E-state index contributed by atoms with van der Waals surface area (Å²) in [6, 6.07) is 18.9. The molecule has 31 heavy (non-hydrogen) atoms. The van der Waals surface area contributed by atoms with Crippen molar-refractivity contribution in [1.82, 2.24) is 0 Å². The van der Waals surface area contributed by atoms with E-state index in [1.165, 1.54) is 0 Å². The van der Waals surface area contributed by atoms with E-state index in [4.69, 9.17) is 27.9 Å². The third-order valence-corrected chi connectivity index (χ3v) is 5.29. The van der Waals surface area contributed by atoms with Crippen molar-refractivity contribution in [2.24, 2.45) is 0 Å². The molecular weight excluding hydrogens is 437 g/mol. The number of carbonyl (C=O) groups is 2. The van der Waals surface area contributed by atoms with Gasteiger partial charge in [0.25, 0.3) is 5.91 Å². The average molecular weight is 456 g/mol. The Hall–Kier alpha value is -3.22. The van der Waals surface area contributed by atoms with E-state index >= 15 is 0 Å². The van der Waals surface area contributed by atoms with E-state index in [1.54, 1.807) is 66.4 Å². The largest absolute Gasteiger partial charge is 0.479 e. The number of nitrogens with one attached hydrogen (secondary N) is 2. The number of fused-ring (bicyclic) bond motifs is 1. The minimum Gasteiger partial charge on any atom is -0.479 e. The van der Waals surface area contributed by atoms with E-state index in [1.807, 2.05) is 12.1 Å². The van der Waals surface area contributed by atoms with Crippen molar-refractivity contribution >= 4 is 52.2 Å². The van der Waals surface area contributed by atoms with Crippen molar-refractivity contribution in [3.63, 3.8) is 0 Å². The number of carbonyl (C=O) groups excluding carboxylic acids is 2. The molecule has 1 aliphatic heterocycles. The summed E-state index contributed by atoms with van der Waals surface area (Å²) in [6.45, 7) is 2.07. The first kappa shape index (κ1) is 21.0. The summed E-state index contributed by atoms with van der Waals surface area (Å²) in [4.78, 5) is 26.8. The van der Waals surface area contributed by atoms with E-state index in [0.717, 1.165) is 5.56 Å². The van der Waals surface area contributed by atoms with Crippen molar-refractivity contribution < 1.29 is 14.3 Å². The van der Waals surface area contributed by atoms with Gasteiger partial charge in [0.15, 0.2) is 6.10 Å². The number of benzene rings is 3. The molecule has 0 saturated heterocycles. The minimum atomic E-state index is -0.605. The van der Waals surface area contributed by atoms with Crippen molar-refractivity contribution in [1.29, 1.82) is 0 Å². The van der Waals surface area contributed by atoms with Crippen molar-refractivity contribution in [3.8, 4) is 5.75 Å². The van der Waals surface area contributed by atoms with Crippen LogP contribution < -0.4 is 20.3 Å². The van der Waals surface area contributed by atoms with Crippen LogP contribution in [-0.2, 0) is 11.3 Å². The number of anilines is 3. The molecule has 3 aromatic rings. The number of hydrogen-bond acceptors (Lipinski definition) is 3. The Bertz CT molecular complexity index is 1120. The van der Waals surface area contributed by atoms with Gasteiger partial charge in [-0.05, 0) is 67.1 Å². The number of nitrogens with zero attached hydrogens (tertiary/aromatic N) is 1. The molecule has 0 radical (unpaired) electrons. The van der Waals surface area contributed by atoms with Crippen molar-refractivity contribution in [2.75, 3.05) is 15.5 Å². The zero-order valence-corrected chi connectivity index (χ0v) is 18.1. The van der Waals surface area contributed by atoms with Crippen LogP contribution in [0, 0.1) is 0 Å². The van der Waals surface area contributed by atoms with Gasteiger partial charge in [0.2, 0.25) is 0 Å². The highest BCUT2D eigenvalue weighted by atomic mass is 35.5. The van der Waals surface area contributed by atoms with Gasteiger partial charge in [-0.15, -0.1) is 0 Å². The molecule has 0 fully saturated rings. The van der Waals surface area contributed by atoms with Crippen LogP contribution in [0.4, 0.5) is 21.9 Å². The van der Waals surface area contributed by atoms with Crippen LogP contribution in [0.5, 0.6) is 5.75 Å². The lowest BCUT2D eigenvalue weighted by molar-refractivity contribution is -0.125. The molecule has 1 aliphatic rings. The monoisotopic (exact) mass is 455 g/mol. The lowest BCUT2D eigenvalue weighted by Gasteiger charge is -2.33. The van der Waals surface area contributed by atoms with Crippen LogP contribution in [0.2, 0.25) is 10.0 Å². The average Bonchev–Trinajstić information content (AvgIpc) is 2.75. The van der Waals surface area contributed by atoms with E-state index in [-0.39, 0.29) is 5.91 Å². The molecule has 1 atom stereocenters. The van der Waals surface area contributed by atoms with Gasteiger partial charge >= 0.3 is 6.03 Å². The number of hydrogen-bond donors (Lipinski definition) is 2. The molecule has 0 spiro atoms. The molecule has 3 aromatic carbocycles. The van der Waals surface area contributed by atoms with Gasteiger partial charge < -0.3 is 20.3 Å². The van der Waals surface area contributed by atoms with Gasteiger partial charge in [-0.2, -0.15) is 0 Å². The van der Waals surface area contributed by atoms with Gasteiger partial charge in [0, 0.05) is 21.4 Å². The molecule has 0 aliphatic carbocycles.